The molecule has 8 heteroatoms. The van der Waals surface area contributed by atoms with Crippen molar-refractivity contribution in [3.63, 3.8) is 0 Å². The second-order valence-electron chi connectivity index (χ2n) is 7.79. The van der Waals surface area contributed by atoms with E-state index in [1.807, 2.05) is 83.6 Å². The van der Waals surface area contributed by atoms with E-state index >= 15 is 0 Å². The Morgan fingerprint density at radius 3 is 2.54 bits per heavy atom. The summed E-state index contributed by atoms with van der Waals surface area (Å²) in [6, 6.07) is 26.9. The van der Waals surface area contributed by atoms with Crippen LogP contribution < -0.4 is 10.9 Å². The molecule has 5 rings (SSSR count). The Labute approximate surface area is 219 Å². The summed E-state index contributed by atoms with van der Waals surface area (Å²) in [6.07, 6.45) is 1.81. The molecule has 2 aromatic heterocycles. The van der Waals surface area contributed by atoms with Crippen LogP contribution in [0.1, 0.15) is 5.56 Å². The summed E-state index contributed by atoms with van der Waals surface area (Å²) in [5, 5.41) is 4.38. The number of nitrogens with zero attached hydrogens (tertiary/aromatic N) is 2. The normalized spacial score (nSPS) is 11.0. The Morgan fingerprint density at radius 2 is 1.74 bits per heavy atom. The first-order valence-corrected chi connectivity index (χ1v) is 13.0. The fraction of sp³-hybridized carbons (Fsp3) is 0.0741. The zero-order valence-corrected chi connectivity index (χ0v) is 21.5. The number of fused-ring (bicyclic) bond motifs is 1. The van der Waals surface area contributed by atoms with E-state index in [4.69, 9.17) is 9.40 Å². The Balaban J connectivity index is 1.43. The van der Waals surface area contributed by atoms with Gasteiger partial charge >= 0.3 is 5.63 Å². The molecule has 35 heavy (non-hydrogen) atoms. The lowest BCUT2D eigenvalue weighted by Gasteiger charge is -2.08. The number of para-hydroxylation sites is 1. The van der Waals surface area contributed by atoms with Crippen LogP contribution in [-0.4, -0.2) is 21.2 Å². The highest BCUT2D eigenvalue weighted by Gasteiger charge is 2.17. The van der Waals surface area contributed by atoms with E-state index in [-0.39, 0.29) is 11.7 Å². The molecule has 3 aromatic carbocycles. The van der Waals surface area contributed by atoms with E-state index in [9.17, 15) is 9.59 Å². The molecule has 2 heterocycles. The van der Waals surface area contributed by atoms with E-state index in [0.717, 1.165) is 20.2 Å². The zero-order valence-electron chi connectivity index (χ0n) is 18.5. The van der Waals surface area contributed by atoms with Crippen molar-refractivity contribution in [1.29, 1.82) is 0 Å². The van der Waals surface area contributed by atoms with E-state index < -0.39 is 5.63 Å². The second-order valence-corrected chi connectivity index (χ2v) is 9.98. The summed E-state index contributed by atoms with van der Waals surface area (Å²) in [5.41, 5.74) is 2.88. The molecule has 0 aliphatic carbocycles. The number of thioether (sulfide) groups is 1. The molecule has 0 saturated heterocycles. The van der Waals surface area contributed by atoms with Crippen LogP contribution in [0.15, 0.2) is 105 Å². The van der Waals surface area contributed by atoms with Gasteiger partial charge in [-0.15, -0.1) is 0 Å². The monoisotopic (exact) mass is 593 g/mol. The third-order valence-corrected chi connectivity index (χ3v) is 7.03. The number of hydrogen-bond donors (Lipinski definition) is 1. The molecule has 1 N–H and O–H groups in total. The van der Waals surface area contributed by atoms with Gasteiger partial charge < -0.3 is 9.73 Å². The molecule has 0 aliphatic heterocycles. The number of hydrogen-bond acceptors (Lipinski definition) is 5. The number of carbonyl (C=O) groups is 1. The van der Waals surface area contributed by atoms with Gasteiger partial charge in [0.25, 0.3) is 0 Å². The molecule has 1 amide bonds. The Bertz CT molecular complexity index is 1550. The highest BCUT2D eigenvalue weighted by molar-refractivity contribution is 14.1. The largest absolute Gasteiger partial charge is 0.422 e. The van der Waals surface area contributed by atoms with Crippen LogP contribution in [0.2, 0.25) is 0 Å². The molecule has 6 nitrogen and oxygen atoms in total. The van der Waals surface area contributed by atoms with Crippen molar-refractivity contribution in [2.75, 3.05) is 5.75 Å². The number of carbonyl (C=O) groups excluding carboxylic acids is 1. The SMILES string of the molecule is O=C(CSc1nc(-c2cc3ccccc3oc2=O)cn1-c1ccc(I)cc1)NCc1ccccc1. The lowest BCUT2D eigenvalue weighted by Crippen LogP contribution is -2.24. The minimum absolute atomic E-state index is 0.0946. The predicted molar refractivity (Wildman–Crippen MR) is 147 cm³/mol. The molecular weight excluding hydrogens is 573 g/mol. The van der Waals surface area contributed by atoms with Crippen molar-refractivity contribution in [3.8, 4) is 16.9 Å². The van der Waals surface area contributed by atoms with Crippen molar-refractivity contribution in [1.82, 2.24) is 14.9 Å². The summed E-state index contributed by atoms with van der Waals surface area (Å²) >= 11 is 3.57. The fourth-order valence-electron chi connectivity index (χ4n) is 3.60. The number of aromatic nitrogens is 2. The van der Waals surface area contributed by atoms with Gasteiger partial charge in [-0.1, -0.05) is 60.3 Å². The van der Waals surface area contributed by atoms with E-state index in [1.165, 1.54) is 11.8 Å². The maximum Gasteiger partial charge on any atom is 0.345 e. The summed E-state index contributed by atoms with van der Waals surface area (Å²) in [6.45, 7) is 0.467. The molecule has 5 aromatic rings. The van der Waals surface area contributed by atoms with Crippen molar-refractivity contribution in [2.24, 2.45) is 0 Å². The maximum atomic E-state index is 12.7. The average molecular weight is 593 g/mol. The van der Waals surface area contributed by atoms with Crippen LogP contribution in [0.25, 0.3) is 27.9 Å². The topological polar surface area (TPSA) is 77.1 Å². The van der Waals surface area contributed by atoms with Crippen LogP contribution in [0, 0.1) is 3.57 Å². The molecule has 0 radical (unpaired) electrons. The number of nitrogens with one attached hydrogen (secondary N) is 1. The summed E-state index contributed by atoms with van der Waals surface area (Å²) in [5.74, 6) is 0.0998. The first-order chi connectivity index (χ1) is 17.1. The lowest BCUT2D eigenvalue weighted by molar-refractivity contribution is -0.118. The molecule has 0 unspecified atom stereocenters. The van der Waals surface area contributed by atoms with Crippen LogP contribution in [0.3, 0.4) is 0 Å². The number of rotatable bonds is 7. The third-order valence-electron chi connectivity index (χ3n) is 5.36. The molecule has 0 fully saturated rings. The molecular formula is C27H20IN3O3S. The highest BCUT2D eigenvalue weighted by atomic mass is 127. The van der Waals surface area contributed by atoms with Crippen molar-refractivity contribution >= 4 is 51.2 Å². The average Bonchev–Trinajstić information content (AvgIpc) is 3.31. The van der Waals surface area contributed by atoms with Crippen LogP contribution in [0.5, 0.6) is 0 Å². The standard InChI is InChI=1S/C27H20IN3O3S/c28-20-10-12-21(13-11-20)31-16-23(22-14-19-8-4-5-9-24(19)34-26(22)33)30-27(31)35-17-25(32)29-15-18-6-2-1-3-7-18/h1-14,16H,15,17H2,(H,29,32). The number of halogens is 1. The molecule has 0 saturated carbocycles. The highest BCUT2D eigenvalue weighted by Crippen LogP contribution is 2.28. The first-order valence-electron chi connectivity index (χ1n) is 10.9. The number of benzene rings is 3. The Kier molecular flexibility index (Phi) is 7.01. The number of amides is 1. The summed E-state index contributed by atoms with van der Waals surface area (Å²) in [4.78, 5) is 30.0. The fourth-order valence-corrected chi connectivity index (χ4v) is 4.78. The van der Waals surface area contributed by atoms with Crippen molar-refractivity contribution in [3.05, 3.63) is 111 Å². The van der Waals surface area contributed by atoms with Crippen molar-refractivity contribution < 1.29 is 9.21 Å². The van der Waals surface area contributed by atoms with E-state index in [1.54, 1.807) is 12.1 Å². The smallest absolute Gasteiger partial charge is 0.345 e. The zero-order chi connectivity index (χ0) is 24.2. The number of imidazole rings is 1. The van der Waals surface area contributed by atoms with Crippen molar-refractivity contribution in [2.45, 2.75) is 11.7 Å². The predicted octanol–water partition coefficient (Wildman–Crippen LogP) is 5.66. The molecule has 0 bridgehead atoms. The Hall–Kier alpha value is -3.37. The van der Waals surface area contributed by atoms with Gasteiger partial charge in [-0.05, 0) is 64.6 Å². The minimum Gasteiger partial charge on any atom is -0.422 e. The molecule has 0 atom stereocenters. The van der Waals surface area contributed by atoms with Gasteiger partial charge in [-0.25, -0.2) is 9.78 Å². The second kappa shape index (κ2) is 10.5. The van der Waals surface area contributed by atoms with Gasteiger partial charge in [-0.3, -0.25) is 9.36 Å². The first kappa shape index (κ1) is 23.4. The van der Waals surface area contributed by atoms with Gasteiger partial charge in [-0.2, -0.15) is 0 Å². The van der Waals surface area contributed by atoms with Crippen LogP contribution in [0.4, 0.5) is 0 Å². The quantitative estimate of drug-likeness (QED) is 0.150. The maximum absolute atomic E-state index is 12.7. The third kappa shape index (κ3) is 5.49. The van der Waals surface area contributed by atoms with Gasteiger partial charge in [0.1, 0.15) is 5.58 Å². The molecule has 0 spiro atoms. The Morgan fingerprint density at radius 1 is 1.00 bits per heavy atom. The molecule has 0 aliphatic rings. The molecule has 174 valence electrons. The van der Waals surface area contributed by atoms with E-state index in [2.05, 4.69) is 27.9 Å². The van der Waals surface area contributed by atoms with Gasteiger partial charge in [0, 0.05) is 27.4 Å². The van der Waals surface area contributed by atoms with Crippen LogP contribution in [-0.2, 0) is 11.3 Å². The summed E-state index contributed by atoms with van der Waals surface area (Å²) < 4.78 is 8.52. The summed E-state index contributed by atoms with van der Waals surface area (Å²) in [7, 11) is 0. The lowest BCUT2D eigenvalue weighted by atomic mass is 10.1. The minimum atomic E-state index is -0.451. The van der Waals surface area contributed by atoms with E-state index in [0.29, 0.717) is 28.5 Å². The van der Waals surface area contributed by atoms with Gasteiger partial charge in [0.05, 0.1) is 17.0 Å². The van der Waals surface area contributed by atoms with Gasteiger partial charge in [0.15, 0.2) is 5.16 Å². The van der Waals surface area contributed by atoms with Crippen LogP contribution >= 0.6 is 34.4 Å². The van der Waals surface area contributed by atoms with Gasteiger partial charge in [0.2, 0.25) is 5.91 Å².